The number of sulfonamides is 1. The SMILES string of the molecule is CCCCNC(=O)N1CCN(S(=O)(=O)c2ccccc2F)CC1. The van der Waals surface area contributed by atoms with E-state index in [9.17, 15) is 17.6 Å². The monoisotopic (exact) mass is 343 g/mol. The summed E-state index contributed by atoms with van der Waals surface area (Å²) in [7, 11) is -3.86. The van der Waals surface area contributed by atoms with Gasteiger partial charge in [-0.3, -0.25) is 0 Å². The molecular weight excluding hydrogens is 321 g/mol. The highest BCUT2D eigenvalue weighted by Gasteiger charge is 2.31. The Balaban J connectivity index is 1.96. The zero-order chi connectivity index (χ0) is 16.9. The Labute approximate surface area is 136 Å². The van der Waals surface area contributed by atoms with Crippen LogP contribution in [0.4, 0.5) is 9.18 Å². The van der Waals surface area contributed by atoms with Crippen LogP contribution in [0.1, 0.15) is 19.8 Å². The maximum atomic E-state index is 13.7. The number of piperazine rings is 1. The quantitative estimate of drug-likeness (QED) is 0.827. The molecule has 1 heterocycles. The minimum absolute atomic E-state index is 0.165. The number of amides is 2. The van der Waals surface area contributed by atoms with Gasteiger partial charge in [-0.05, 0) is 18.6 Å². The molecule has 0 atom stereocenters. The summed E-state index contributed by atoms with van der Waals surface area (Å²) >= 11 is 0. The Kier molecular flexibility index (Phi) is 5.95. The molecule has 8 heteroatoms. The van der Waals surface area contributed by atoms with E-state index in [0.29, 0.717) is 19.6 Å². The average Bonchev–Trinajstić information content (AvgIpc) is 2.55. The lowest BCUT2D eigenvalue weighted by molar-refractivity contribution is 0.172. The number of halogens is 1. The lowest BCUT2D eigenvalue weighted by atomic mass is 10.3. The van der Waals surface area contributed by atoms with Crippen molar-refractivity contribution in [2.75, 3.05) is 32.7 Å². The van der Waals surface area contributed by atoms with Gasteiger partial charge in [-0.2, -0.15) is 4.31 Å². The molecule has 1 aliphatic heterocycles. The van der Waals surface area contributed by atoms with Crippen LogP contribution in [0.15, 0.2) is 29.2 Å². The third-order valence-electron chi connectivity index (χ3n) is 3.79. The van der Waals surface area contributed by atoms with Crippen LogP contribution in [0.2, 0.25) is 0 Å². The van der Waals surface area contributed by atoms with E-state index in [1.54, 1.807) is 4.90 Å². The van der Waals surface area contributed by atoms with E-state index in [2.05, 4.69) is 5.32 Å². The van der Waals surface area contributed by atoms with Crippen LogP contribution in [-0.4, -0.2) is 56.4 Å². The van der Waals surface area contributed by atoms with Crippen molar-refractivity contribution < 1.29 is 17.6 Å². The molecule has 0 radical (unpaired) electrons. The van der Waals surface area contributed by atoms with E-state index in [1.165, 1.54) is 22.5 Å². The molecule has 1 N–H and O–H groups in total. The van der Waals surface area contributed by atoms with Crippen LogP contribution in [0.3, 0.4) is 0 Å². The largest absolute Gasteiger partial charge is 0.338 e. The molecule has 0 bridgehead atoms. The molecule has 0 saturated carbocycles. The summed E-state index contributed by atoms with van der Waals surface area (Å²) in [5.41, 5.74) is 0. The topological polar surface area (TPSA) is 69.7 Å². The second-order valence-electron chi connectivity index (χ2n) is 5.41. The highest BCUT2D eigenvalue weighted by molar-refractivity contribution is 7.89. The summed E-state index contributed by atoms with van der Waals surface area (Å²) < 4.78 is 39.9. The maximum absolute atomic E-state index is 13.7. The number of nitrogens with zero attached hydrogens (tertiary/aromatic N) is 2. The maximum Gasteiger partial charge on any atom is 0.317 e. The molecule has 2 rings (SSSR count). The van der Waals surface area contributed by atoms with Crippen molar-refractivity contribution in [1.82, 2.24) is 14.5 Å². The highest BCUT2D eigenvalue weighted by atomic mass is 32.2. The molecule has 128 valence electrons. The molecule has 0 unspecified atom stereocenters. The first-order chi connectivity index (χ1) is 11.0. The van der Waals surface area contributed by atoms with Crippen molar-refractivity contribution in [3.05, 3.63) is 30.1 Å². The summed E-state index contributed by atoms with van der Waals surface area (Å²) in [5, 5.41) is 2.81. The molecule has 23 heavy (non-hydrogen) atoms. The Morgan fingerprint density at radius 1 is 1.22 bits per heavy atom. The van der Waals surface area contributed by atoms with Crippen LogP contribution < -0.4 is 5.32 Å². The number of urea groups is 1. The zero-order valence-electron chi connectivity index (χ0n) is 13.2. The first kappa shape index (κ1) is 17.7. The molecule has 0 spiro atoms. The van der Waals surface area contributed by atoms with Gasteiger partial charge in [0.05, 0.1) is 0 Å². The Morgan fingerprint density at radius 2 is 1.87 bits per heavy atom. The number of carbonyl (C=O) groups excluding carboxylic acids is 1. The van der Waals surface area contributed by atoms with Crippen LogP contribution in [-0.2, 0) is 10.0 Å². The van der Waals surface area contributed by atoms with Crippen molar-refractivity contribution in [1.29, 1.82) is 0 Å². The average molecular weight is 343 g/mol. The summed E-state index contributed by atoms with van der Waals surface area (Å²) in [6.45, 7) is 3.58. The number of hydrogen-bond donors (Lipinski definition) is 1. The van der Waals surface area contributed by atoms with Crippen molar-refractivity contribution in [2.24, 2.45) is 0 Å². The molecule has 0 aliphatic carbocycles. The van der Waals surface area contributed by atoms with Gasteiger partial charge in [0.15, 0.2) is 0 Å². The Bertz CT molecular complexity index is 643. The molecule has 1 saturated heterocycles. The standard InChI is InChI=1S/C15H22FN3O3S/c1-2-3-8-17-15(20)18-9-11-19(12-10-18)23(21,22)14-7-5-4-6-13(14)16/h4-7H,2-3,8-12H2,1H3,(H,17,20). The minimum Gasteiger partial charge on any atom is -0.338 e. The van der Waals surface area contributed by atoms with Crippen LogP contribution in [0.25, 0.3) is 0 Å². The Hall–Kier alpha value is -1.67. The fourth-order valence-corrected chi connectivity index (χ4v) is 3.90. The Morgan fingerprint density at radius 3 is 2.48 bits per heavy atom. The van der Waals surface area contributed by atoms with Crippen molar-refractivity contribution in [2.45, 2.75) is 24.7 Å². The number of hydrogen-bond acceptors (Lipinski definition) is 3. The van der Waals surface area contributed by atoms with Crippen LogP contribution >= 0.6 is 0 Å². The number of nitrogens with one attached hydrogen (secondary N) is 1. The van der Waals surface area contributed by atoms with Gasteiger partial charge in [-0.25, -0.2) is 17.6 Å². The molecule has 1 aromatic carbocycles. The van der Waals surface area contributed by atoms with Crippen LogP contribution in [0.5, 0.6) is 0 Å². The van der Waals surface area contributed by atoms with Gasteiger partial charge in [0.2, 0.25) is 10.0 Å². The zero-order valence-corrected chi connectivity index (χ0v) is 14.0. The third kappa shape index (κ3) is 4.20. The number of carbonyl (C=O) groups is 1. The van der Waals surface area contributed by atoms with E-state index in [0.717, 1.165) is 18.9 Å². The van der Waals surface area contributed by atoms with Crippen molar-refractivity contribution in [3.8, 4) is 0 Å². The smallest absolute Gasteiger partial charge is 0.317 e. The lowest BCUT2D eigenvalue weighted by Gasteiger charge is -2.34. The molecule has 1 aromatic rings. The van der Waals surface area contributed by atoms with Crippen LogP contribution in [0, 0.1) is 5.82 Å². The van der Waals surface area contributed by atoms with Gasteiger partial charge in [-0.1, -0.05) is 25.5 Å². The van der Waals surface area contributed by atoms with Gasteiger partial charge in [0.25, 0.3) is 0 Å². The number of benzene rings is 1. The van der Waals surface area contributed by atoms with E-state index in [4.69, 9.17) is 0 Å². The molecule has 1 aliphatic rings. The van der Waals surface area contributed by atoms with E-state index in [1.807, 2.05) is 6.92 Å². The van der Waals surface area contributed by atoms with Crippen molar-refractivity contribution in [3.63, 3.8) is 0 Å². The summed E-state index contributed by atoms with van der Waals surface area (Å²) in [6, 6.07) is 5.15. The second kappa shape index (κ2) is 7.74. The first-order valence-corrected chi connectivity index (χ1v) is 9.18. The van der Waals surface area contributed by atoms with Gasteiger partial charge < -0.3 is 10.2 Å². The normalized spacial score (nSPS) is 16.3. The lowest BCUT2D eigenvalue weighted by Crippen LogP contribution is -2.53. The first-order valence-electron chi connectivity index (χ1n) is 7.74. The van der Waals surface area contributed by atoms with Gasteiger partial charge >= 0.3 is 6.03 Å². The van der Waals surface area contributed by atoms with Crippen molar-refractivity contribution >= 4 is 16.1 Å². The van der Waals surface area contributed by atoms with E-state index < -0.39 is 15.8 Å². The molecule has 6 nitrogen and oxygen atoms in total. The number of rotatable bonds is 5. The predicted molar refractivity (Wildman–Crippen MR) is 85.0 cm³/mol. The summed E-state index contributed by atoms with van der Waals surface area (Å²) in [5.74, 6) is -0.757. The second-order valence-corrected chi connectivity index (χ2v) is 7.31. The fraction of sp³-hybridized carbons (Fsp3) is 0.533. The summed E-state index contributed by atoms with van der Waals surface area (Å²) in [4.78, 5) is 13.2. The predicted octanol–water partition coefficient (Wildman–Crippen LogP) is 1.64. The van der Waals surface area contributed by atoms with E-state index >= 15 is 0 Å². The van der Waals surface area contributed by atoms with Gasteiger partial charge in [-0.15, -0.1) is 0 Å². The fourth-order valence-electron chi connectivity index (χ4n) is 2.41. The third-order valence-corrected chi connectivity index (χ3v) is 5.72. The number of unbranched alkanes of at least 4 members (excludes halogenated alkanes) is 1. The molecular formula is C15H22FN3O3S. The van der Waals surface area contributed by atoms with Gasteiger partial charge in [0.1, 0.15) is 10.7 Å². The summed E-state index contributed by atoms with van der Waals surface area (Å²) in [6.07, 6.45) is 1.91. The van der Waals surface area contributed by atoms with E-state index in [-0.39, 0.29) is 24.0 Å². The highest BCUT2D eigenvalue weighted by Crippen LogP contribution is 2.20. The molecule has 1 fully saturated rings. The molecule has 2 amide bonds. The van der Waals surface area contributed by atoms with Gasteiger partial charge in [0, 0.05) is 32.7 Å². The molecule has 0 aromatic heterocycles. The minimum atomic E-state index is -3.86.